The first-order valence-corrected chi connectivity index (χ1v) is 8.82. The zero-order valence-electron chi connectivity index (χ0n) is 14.3. The number of quaternary nitrogens is 1. The number of benzene rings is 2. The van der Waals surface area contributed by atoms with Gasteiger partial charge in [0.05, 0.1) is 33.2 Å². The summed E-state index contributed by atoms with van der Waals surface area (Å²) in [5.41, 5.74) is 1.97. The van der Waals surface area contributed by atoms with Crippen molar-refractivity contribution in [3.05, 3.63) is 53.6 Å². The third-order valence-corrected chi connectivity index (χ3v) is 4.57. The van der Waals surface area contributed by atoms with Crippen LogP contribution in [0.3, 0.4) is 0 Å². The van der Waals surface area contributed by atoms with Crippen molar-refractivity contribution in [2.24, 2.45) is 0 Å². The van der Waals surface area contributed by atoms with Gasteiger partial charge >= 0.3 is 0 Å². The molecule has 0 saturated carbocycles. The number of nitrogens with zero attached hydrogens (tertiary/aromatic N) is 1. The maximum Gasteiger partial charge on any atom is 0.262 e. The van der Waals surface area contributed by atoms with Crippen molar-refractivity contribution in [3.63, 3.8) is 0 Å². The largest absolute Gasteiger partial charge is 0.484 e. The highest BCUT2D eigenvalue weighted by atomic mass is 35.5. The Morgan fingerprint density at radius 1 is 1.12 bits per heavy atom. The van der Waals surface area contributed by atoms with Gasteiger partial charge in [-0.25, -0.2) is 0 Å². The van der Waals surface area contributed by atoms with Gasteiger partial charge in [0.15, 0.2) is 6.61 Å². The van der Waals surface area contributed by atoms with Crippen LogP contribution in [0.1, 0.15) is 0 Å². The van der Waals surface area contributed by atoms with E-state index in [1.54, 1.807) is 29.2 Å². The number of ether oxygens (including phenoxy) is 1. The van der Waals surface area contributed by atoms with Crippen molar-refractivity contribution >= 4 is 28.9 Å². The lowest BCUT2D eigenvalue weighted by Gasteiger charge is -2.31. The second-order valence-electron chi connectivity index (χ2n) is 6.28. The first-order valence-electron chi connectivity index (χ1n) is 8.45. The fraction of sp³-hybridized carbons (Fsp3) is 0.316. The summed E-state index contributed by atoms with van der Waals surface area (Å²) in [5, 5.41) is 3.49. The van der Waals surface area contributed by atoms with Crippen molar-refractivity contribution in [2.45, 2.75) is 0 Å². The average Bonchev–Trinajstić information content (AvgIpc) is 2.63. The predicted octanol–water partition coefficient (Wildman–Crippen LogP) is 1.69. The van der Waals surface area contributed by atoms with Gasteiger partial charge in [0, 0.05) is 16.4 Å². The third kappa shape index (κ3) is 5.11. The van der Waals surface area contributed by atoms with E-state index in [2.05, 4.69) is 29.4 Å². The van der Waals surface area contributed by atoms with Crippen LogP contribution < -0.4 is 19.9 Å². The summed E-state index contributed by atoms with van der Waals surface area (Å²) in [6, 6.07) is 14.9. The lowest BCUT2D eigenvalue weighted by molar-refractivity contribution is -0.880. The van der Waals surface area contributed by atoms with E-state index >= 15 is 0 Å². The third-order valence-electron chi connectivity index (χ3n) is 4.32. The molecule has 0 radical (unpaired) electrons. The van der Waals surface area contributed by atoms with E-state index in [0.29, 0.717) is 10.8 Å². The Labute approximate surface area is 153 Å². The zero-order chi connectivity index (χ0) is 17.6. The Morgan fingerprint density at radius 3 is 2.40 bits per heavy atom. The van der Waals surface area contributed by atoms with Gasteiger partial charge in [0.2, 0.25) is 0 Å². The van der Waals surface area contributed by atoms with Gasteiger partial charge < -0.3 is 19.9 Å². The molecular formula is C19H23ClN3O2+. The molecule has 1 saturated heterocycles. The molecule has 2 aromatic rings. The summed E-state index contributed by atoms with van der Waals surface area (Å²) in [5.74, 6) is 0.429. The van der Waals surface area contributed by atoms with Gasteiger partial charge in [0.25, 0.3) is 5.91 Å². The number of likely N-dealkylation sites (N-methyl/N-ethyl adjacent to an activating group) is 1. The fourth-order valence-corrected chi connectivity index (χ4v) is 2.90. The summed E-state index contributed by atoms with van der Waals surface area (Å²) in [4.78, 5) is 15.9. The monoisotopic (exact) mass is 360 g/mol. The molecule has 1 aliphatic rings. The molecule has 1 fully saturated rings. The summed E-state index contributed by atoms with van der Waals surface area (Å²) in [6.07, 6.45) is 0. The van der Waals surface area contributed by atoms with E-state index in [0.717, 1.165) is 31.9 Å². The van der Waals surface area contributed by atoms with E-state index in [-0.39, 0.29) is 12.5 Å². The highest BCUT2D eigenvalue weighted by Crippen LogP contribution is 2.18. The number of piperazine rings is 1. The first kappa shape index (κ1) is 17.6. The predicted molar refractivity (Wildman–Crippen MR) is 101 cm³/mol. The number of nitrogens with one attached hydrogen (secondary N) is 2. The van der Waals surface area contributed by atoms with Crippen molar-refractivity contribution in [1.29, 1.82) is 0 Å². The van der Waals surface area contributed by atoms with Crippen LogP contribution >= 0.6 is 11.6 Å². The topological polar surface area (TPSA) is 46.0 Å². The molecule has 1 aliphatic heterocycles. The molecular weight excluding hydrogens is 338 g/mol. The Kier molecular flexibility index (Phi) is 5.79. The number of carbonyl (C=O) groups excluding carboxylic acids is 1. The summed E-state index contributed by atoms with van der Waals surface area (Å²) < 4.78 is 5.44. The van der Waals surface area contributed by atoms with E-state index in [1.165, 1.54) is 5.69 Å². The maximum absolute atomic E-state index is 12.0. The van der Waals surface area contributed by atoms with E-state index in [9.17, 15) is 4.79 Å². The number of rotatable bonds is 5. The van der Waals surface area contributed by atoms with Crippen molar-refractivity contribution in [3.8, 4) is 5.75 Å². The Hall–Kier alpha value is -2.24. The highest BCUT2D eigenvalue weighted by molar-refractivity contribution is 6.30. The normalized spacial score (nSPS) is 15.0. The van der Waals surface area contributed by atoms with Crippen LogP contribution in [-0.4, -0.2) is 45.7 Å². The molecule has 0 spiro atoms. The van der Waals surface area contributed by atoms with Crippen molar-refractivity contribution in [2.75, 3.05) is 50.1 Å². The SMILES string of the molecule is C[NH+]1CCN(c2ccc(NC(=O)COc3ccc(Cl)cc3)cc2)CC1. The molecule has 0 unspecified atom stereocenters. The number of halogens is 1. The molecule has 0 atom stereocenters. The second kappa shape index (κ2) is 8.23. The fourth-order valence-electron chi connectivity index (χ4n) is 2.78. The number of amides is 1. The first-order chi connectivity index (χ1) is 12.1. The van der Waals surface area contributed by atoms with Gasteiger partial charge in [-0.05, 0) is 48.5 Å². The minimum absolute atomic E-state index is 0.0371. The van der Waals surface area contributed by atoms with Crippen LogP contribution in [0.15, 0.2) is 48.5 Å². The zero-order valence-corrected chi connectivity index (χ0v) is 15.1. The van der Waals surface area contributed by atoms with Crippen LogP contribution in [0.2, 0.25) is 5.02 Å². The molecule has 132 valence electrons. The molecule has 0 aliphatic carbocycles. The standard InChI is InChI=1S/C19H22ClN3O2/c1-22-10-12-23(13-11-22)17-6-4-16(5-7-17)21-19(24)14-25-18-8-2-15(20)3-9-18/h2-9H,10-14H2,1H3,(H,21,24)/p+1. The molecule has 1 amide bonds. The van der Waals surface area contributed by atoms with Crippen LogP contribution in [0, 0.1) is 0 Å². The number of anilines is 2. The molecule has 0 bridgehead atoms. The van der Waals surface area contributed by atoms with E-state index in [4.69, 9.17) is 16.3 Å². The molecule has 2 N–H and O–H groups in total. The summed E-state index contributed by atoms with van der Waals surface area (Å²) in [7, 11) is 2.22. The Morgan fingerprint density at radius 2 is 1.76 bits per heavy atom. The van der Waals surface area contributed by atoms with Crippen LogP contribution in [0.4, 0.5) is 11.4 Å². The molecule has 0 aromatic heterocycles. The van der Waals surface area contributed by atoms with Gasteiger partial charge in [-0.15, -0.1) is 0 Å². The van der Waals surface area contributed by atoms with Gasteiger partial charge in [-0.2, -0.15) is 0 Å². The Balaban J connectivity index is 1.49. The lowest BCUT2D eigenvalue weighted by Crippen LogP contribution is -3.12. The summed E-state index contributed by atoms with van der Waals surface area (Å²) >= 11 is 5.82. The minimum Gasteiger partial charge on any atom is -0.484 e. The molecule has 25 heavy (non-hydrogen) atoms. The van der Waals surface area contributed by atoms with Gasteiger partial charge in [-0.1, -0.05) is 11.6 Å². The van der Waals surface area contributed by atoms with Crippen molar-refractivity contribution < 1.29 is 14.4 Å². The van der Waals surface area contributed by atoms with Crippen molar-refractivity contribution in [1.82, 2.24) is 0 Å². The van der Waals surface area contributed by atoms with Crippen LogP contribution in [0.5, 0.6) is 5.75 Å². The lowest BCUT2D eigenvalue weighted by atomic mass is 10.2. The molecule has 6 heteroatoms. The van der Waals surface area contributed by atoms with Gasteiger partial charge in [0.1, 0.15) is 5.75 Å². The number of hydrogen-bond donors (Lipinski definition) is 2. The number of carbonyl (C=O) groups is 1. The smallest absolute Gasteiger partial charge is 0.262 e. The summed E-state index contributed by atoms with van der Waals surface area (Å²) in [6.45, 7) is 4.39. The van der Waals surface area contributed by atoms with Crippen LogP contribution in [-0.2, 0) is 4.79 Å². The van der Waals surface area contributed by atoms with E-state index < -0.39 is 0 Å². The molecule has 5 nitrogen and oxygen atoms in total. The van der Waals surface area contributed by atoms with E-state index in [1.807, 2.05) is 12.1 Å². The second-order valence-corrected chi connectivity index (χ2v) is 6.72. The minimum atomic E-state index is -0.189. The molecule has 1 heterocycles. The number of hydrogen-bond acceptors (Lipinski definition) is 3. The molecule has 3 rings (SSSR count). The highest BCUT2D eigenvalue weighted by Gasteiger charge is 2.16. The average molecular weight is 361 g/mol. The molecule has 2 aromatic carbocycles. The van der Waals surface area contributed by atoms with Crippen LogP contribution in [0.25, 0.3) is 0 Å². The van der Waals surface area contributed by atoms with Gasteiger partial charge in [-0.3, -0.25) is 4.79 Å². The quantitative estimate of drug-likeness (QED) is 0.853. The Bertz CT molecular complexity index is 696. The maximum atomic E-state index is 12.0.